The number of allylic oxidation sites excluding steroid dienone is 1. The quantitative estimate of drug-likeness (QED) is 0.598. The Labute approximate surface area is 178 Å². The van der Waals surface area contributed by atoms with Crippen LogP contribution in [0, 0.1) is 23.1 Å². The summed E-state index contributed by atoms with van der Waals surface area (Å²) >= 11 is 6.35. The van der Waals surface area contributed by atoms with Gasteiger partial charge in [-0.15, -0.1) is 5.10 Å². The van der Waals surface area contributed by atoms with Crippen molar-refractivity contribution in [1.29, 1.82) is 5.26 Å². The minimum atomic E-state index is -0.837. The van der Waals surface area contributed by atoms with E-state index in [9.17, 15) is 9.65 Å². The Morgan fingerprint density at radius 3 is 2.60 bits per heavy atom. The Kier molecular flexibility index (Phi) is 5.23. The molecular formula is C23H20ClFN4O. The van der Waals surface area contributed by atoms with E-state index >= 15 is 0 Å². The van der Waals surface area contributed by atoms with E-state index in [1.807, 2.05) is 24.3 Å². The molecule has 5 nitrogen and oxygen atoms in total. The molecule has 4 rings (SSSR count). The van der Waals surface area contributed by atoms with Crippen LogP contribution in [0.1, 0.15) is 36.5 Å². The molecule has 0 aliphatic carbocycles. The number of rotatable bonds is 4. The summed E-state index contributed by atoms with van der Waals surface area (Å²) in [5, 5.41) is 17.1. The number of nitriles is 1. The van der Waals surface area contributed by atoms with E-state index in [1.165, 1.54) is 17.7 Å². The second-order valence-corrected chi connectivity index (χ2v) is 8.08. The molecule has 0 fully saturated rings. The average Bonchev–Trinajstić information content (AvgIpc) is 3.11. The zero-order valence-electron chi connectivity index (χ0n) is 16.5. The first-order valence-corrected chi connectivity index (χ1v) is 9.97. The molecule has 1 aromatic heterocycles. The first-order valence-electron chi connectivity index (χ1n) is 9.59. The van der Waals surface area contributed by atoms with Crippen LogP contribution in [0.5, 0.6) is 5.88 Å². The summed E-state index contributed by atoms with van der Waals surface area (Å²) < 4.78 is 20.4. The minimum absolute atomic E-state index is 0.0913. The zero-order chi connectivity index (χ0) is 21.4. The Morgan fingerprint density at radius 1 is 1.23 bits per heavy atom. The third-order valence-corrected chi connectivity index (χ3v) is 5.44. The second-order valence-electron chi connectivity index (χ2n) is 7.67. The maximum atomic E-state index is 14.9. The fourth-order valence-electron chi connectivity index (χ4n) is 3.82. The van der Waals surface area contributed by atoms with Crippen LogP contribution in [0.4, 0.5) is 4.39 Å². The largest absolute Gasteiger partial charge is 0.420 e. The molecule has 3 aromatic rings. The summed E-state index contributed by atoms with van der Waals surface area (Å²) in [6.45, 7) is 4.33. The van der Waals surface area contributed by atoms with Crippen molar-refractivity contribution in [1.82, 2.24) is 10.2 Å². The molecule has 3 N–H and O–H groups in total. The maximum absolute atomic E-state index is 14.9. The molecule has 1 aliphatic rings. The lowest BCUT2D eigenvalue weighted by molar-refractivity contribution is 0.378. The number of halogens is 2. The molecule has 0 spiro atoms. The Balaban J connectivity index is 1.89. The standard InChI is InChI=1S/C23H20ClFN4O/c1-12(2)10-13-6-8-14(9-7-13)21-20-18(19-16(24)4-3-5-17(19)25)15(11-26)22(27)30-23(20)29-28-21/h3-9,12,18H,10,27H2,1-2H3,(H,28,29)/t18-/m1/s1. The molecule has 0 bridgehead atoms. The summed E-state index contributed by atoms with van der Waals surface area (Å²) in [5.74, 6) is -0.725. The molecule has 152 valence electrons. The number of hydrogen-bond donors (Lipinski definition) is 2. The van der Waals surface area contributed by atoms with Gasteiger partial charge in [-0.1, -0.05) is 55.8 Å². The van der Waals surface area contributed by atoms with E-state index < -0.39 is 11.7 Å². The SMILES string of the molecule is CC(C)Cc1ccc(-c2[nH]nc3c2[C@@H](c2c(F)cccc2Cl)C(C#N)=C(N)O3)cc1. The smallest absolute Gasteiger partial charge is 0.244 e. The van der Waals surface area contributed by atoms with Crippen LogP contribution in [0.25, 0.3) is 11.3 Å². The van der Waals surface area contributed by atoms with Crippen LogP contribution < -0.4 is 10.5 Å². The Hall–Kier alpha value is -3.30. The first kappa shape index (κ1) is 20.0. The van der Waals surface area contributed by atoms with E-state index in [4.69, 9.17) is 22.1 Å². The monoisotopic (exact) mass is 422 g/mol. The maximum Gasteiger partial charge on any atom is 0.244 e. The van der Waals surface area contributed by atoms with Gasteiger partial charge in [0.25, 0.3) is 0 Å². The predicted octanol–water partition coefficient (Wildman–Crippen LogP) is 5.29. The van der Waals surface area contributed by atoms with Crippen LogP contribution in [0.3, 0.4) is 0 Å². The van der Waals surface area contributed by atoms with Crippen molar-refractivity contribution in [3.63, 3.8) is 0 Å². The van der Waals surface area contributed by atoms with E-state index in [2.05, 4.69) is 30.1 Å². The molecule has 1 atom stereocenters. The molecule has 0 radical (unpaired) electrons. The van der Waals surface area contributed by atoms with Gasteiger partial charge < -0.3 is 10.5 Å². The number of aromatic nitrogens is 2. The highest BCUT2D eigenvalue weighted by molar-refractivity contribution is 6.31. The van der Waals surface area contributed by atoms with Crippen LogP contribution in [-0.4, -0.2) is 10.2 Å². The van der Waals surface area contributed by atoms with Gasteiger partial charge in [-0.3, -0.25) is 5.10 Å². The van der Waals surface area contributed by atoms with Crippen LogP contribution in [0.2, 0.25) is 5.02 Å². The zero-order valence-corrected chi connectivity index (χ0v) is 17.3. The lowest BCUT2D eigenvalue weighted by Gasteiger charge is -2.25. The summed E-state index contributed by atoms with van der Waals surface area (Å²) in [4.78, 5) is 0. The number of nitrogens with one attached hydrogen (secondary N) is 1. The fraction of sp³-hybridized carbons (Fsp3) is 0.217. The Bertz CT molecular complexity index is 1150. The van der Waals surface area contributed by atoms with Gasteiger partial charge in [0.2, 0.25) is 11.8 Å². The van der Waals surface area contributed by atoms with Gasteiger partial charge in [0.15, 0.2) is 0 Å². The number of benzene rings is 2. The molecule has 0 unspecified atom stereocenters. The minimum Gasteiger partial charge on any atom is -0.420 e. The van der Waals surface area contributed by atoms with Crippen LogP contribution in [-0.2, 0) is 6.42 Å². The fourth-order valence-corrected chi connectivity index (χ4v) is 4.09. The lowest BCUT2D eigenvalue weighted by Crippen LogP contribution is -2.21. The molecule has 0 amide bonds. The van der Waals surface area contributed by atoms with E-state index in [0.29, 0.717) is 17.2 Å². The highest BCUT2D eigenvalue weighted by Gasteiger charge is 2.38. The van der Waals surface area contributed by atoms with E-state index in [0.717, 1.165) is 12.0 Å². The molecule has 0 saturated carbocycles. The van der Waals surface area contributed by atoms with E-state index in [-0.39, 0.29) is 27.9 Å². The van der Waals surface area contributed by atoms with Crippen LogP contribution in [0.15, 0.2) is 53.9 Å². The highest BCUT2D eigenvalue weighted by atomic mass is 35.5. The summed E-state index contributed by atoms with van der Waals surface area (Å²) in [6.07, 6.45) is 0.968. The number of nitrogens with two attached hydrogens (primary N) is 1. The van der Waals surface area contributed by atoms with Crippen molar-refractivity contribution in [3.8, 4) is 23.2 Å². The van der Waals surface area contributed by atoms with Crippen molar-refractivity contribution in [3.05, 3.63) is 81.5 Å². The molecule has 30 heavy (non-hydrogen) atoms. The summed E-state index contributed by atoms with van der Waals surface area (Å²) in [5.41, 5.74) is 9.44. The second kappa shape index (κ2) is 7.85. The van der Waals surface area contributed by atoms with Crippen molar-refractivity contribution in [2.75, 3.05) is 0 Å². The van der Waals surface area contributed by atoms with Gasteiger partial charge in [0.05, 0.1) is 17.2 Å². The lowest BCUT2D eigenvalue weighted by atomic mass is 9.82. The number of ether oxygens (including phenoxy) is 1. The van der Waals surface area contributed by atoms with Gasteiger partial charge >= 0.3 is 0 Å². The number of nitrogens with zero attached hydrogens (tertiary/aromatic N) is 2. The van der Waals surface area contributed by atoms with Crippen LogP contribution >= 0.6 is 11.6 Å². The molecule has 2 heterocycles. The van der Waals surface area contributed by atoms with Crippen molar-refractivity contribution in [2.45, 2.75) is 26.2 Å². The number of hydrogen-bond acceptors (Lipinski definition) is 4. The van der Waals surface area contributed by atoms with Gasteiger partial charge in [-0.05, 0) is 30.0 Å². The molecule has 1 aliphatic heterocycles. The predicted molar refractivity (Wildman–Crippen MR) is 113 cm³/mol. The summed E-state index contributed by atoms with van der Waals surface area (Å²) in [7, 11) is 0. The van der Waals surface area contributed by atoms with Crippen molar-refractivity contribution in [2.24, 2.45) is 11.7 Å². The van der Waals surface area contributed by atoms with Gasteiger partial charge in [0, 0.05) is 16.1 Å². The Morgan fingerprint density at radius 2 is 1.97 bits per heavy atom. The molecule has 2 aromatic carbocycles. The van der Waals surface area contributed by atoms with Crippen molar-refractivity contribution >= 4 is 11.6 Å². The highest BCUT2D eigenvalue weighted by Crippen LogP contribution is 2.47. The van der Waals surface area contributed by atoms with Gasteiger partial charge in [-0.2, -0.15) is 5.26 Å². The summed E-state index contributed by atoms with van der Waals surface area (Å²) in [6, 6.07) is 14.5. The first-order chi connectivity index (χ1) is 14.4. The third kappa shape index (κ3) is 3.42. The van der Waals surface area contributed by atoms with Gasteiger partial charge in [0.1, 0.15) is 17.5 Å². The van der Waals surface area contributed by atoms with E-state index in [1.54, 1.807) is 6.07 Å². The van der Waals surface area contributed by atoms with Gasteiger partial charge in [-0.25, -0.2) is 4.39 Å². The topological polar surface area (TPSA) is 87.7 Å². The molecular weight excluding hydrogens is 403 g/mol. The van der Waals surface area contributed by atoms with Crippen molar-refractivity contribution < 1.29 is 9.13 Å². The number of H-pyrrole nitrogens is 1. The third-order valence-electron chi connectivity index (χ3n) is 5.11. The number of aromatic amines is 1. The molecule has 7 heteroatoms. The number of fused-ring (bicyclic) bond motifs is 1. The normalized spacial score (nSPS) is 15.7. The molecule has 0 saturated heterocycles. The average molecular weight is 423 g/mol.